The second kappa shape index (κ2) is 8.20. The molecule has 0 bridgehead atoms. The van der Waals surface area contributed by atoms with Crippen LogP contribution in [0.5, 0.6) is 11.5 Å². The third-order valence-electron chi connectivity index (χ3n) is 3.58. The number of benzene rings is 2. The zero-order chi connectivity index (χ0) is 17.7. The number of carboxylic acids is 1. The van der Waals surface area contributed by atoms with Crippen molar-refractivity contribution in [1.82, 2.24) is 0 Å². The molecular formula is C19H21BrO4. The predicted molar refractivity (Wildman–Crippen MR) is 97.0 cm³/mol. The lowest BCUT2D eigenvalue weighted by Crippen LogP contribution is -2.14. The van der Waals surface area contributed by atoms with Gasteiger partial charge in [0, 0.05) is 0 Å². The molecule has 0 aliphatic heterocycles. The van der Waals surface area contributed by atoms with Gasteiger partial charge in [-0.1, -0.05) is 30.3 Å². The number of hydrogen-bond donors (Lipinski definition) is 1. The van der Waals surface area contributed by atoms with E-state index in [1.807, 2.05) is 56.3 Å². The molecule has 1 atom stereocenters. The predicted octanol–water partition coefficient (Wildman–Crippen LogP) is 4.66. The number of aliphatic carboxylic acids is 1. The molecule has 2 rings (SSSR count). The number of hydrogen-bond acceptors (Lipinski definition) is 3. The summed E-state index contributed by atoms with van der Waals surface area (Å²) in [5.41, 5.74) is 1.65. The smallest absolute Gasteiger partial charge is 0.311 e. The van der Waals surface area contributed by atoms with Crippen LogP contribution in [0, 0.1) is 0 Å². The van der Waals surface area contributed by atoms with Crippen molar-refractivity contribution in [3.8, 4) is 11.5 Å². The Morgan fingerprint density at radius 3 is 2.42 bits per heavy atom. The molecule has 0 heterocycles. The SMILES string of the molecule is COc1cc(CC(C(=O)O)c2ccccc2)cc(Br)c1OC(C)C. The summed E-state index contributed by atoms with van der Waals surface area (Å²) in [6, 6.07) is 13.0. The van der Waals surface area contributed by atoms with E-state index in [9.17, 15) is 9.90 Å². The fraction of sp³-hybridized carbons (Fsp3) is 0.316. The van der Waals surface area contributed by atoms with Crippen LogP contribution >= 0.6 is 15.9 Å². The molecule has 4 nitrogen and oxygen atoms in total. The highest BCUT2D eigenvalue weighted by atomic mass is 79.9. The van der Waals surface area contributed by atoms with Crippen LogP contribution in [0.25, 0.3) is 0 Å². The van der Waals surface area contributed by atoms with Crippen molar-refractivity contribution >= 4 is 21.9 Å². The van der Waals surface area contributed by atoms with Crippen LogP contribution in [0.4, 0.5) is 0 Å². The van der Waals surface area contributed by atoms with Crippen molar-refractivity contribution < 1.29 is 19.4 Å². The minimum Gasteiger partial charge on any atom is -0.493 e. The minimum atomic E-state index is -0.848. The van der Waals surface area contributed by atoms with E-state index in [-0.39, 0.29) is 6.10 Å². The molecular weight excluding hydrogens is 372 g/mol. The van der Waals surface area contributed by atoms with Crippen molar-refractivity contribution in [3.63, 3.8) is 0 Å². The molecule has 0 fully saturated rings. The number of carbonyl (C=O) groups is 1. The second-order valence-corrected chi connectivity index (χ2v) is 6.64. The molecule has 5 heteroatoms. The van der Waals surface area contributed by atoms with Gasteiger partial charge in [0.05, 0.1) is 23.6 Å². The summed E-state index contributed by atoms with van der Waals surface area (Å²) in [5.74, 6) is -0.244. The zero-order valence-electron chi connectivity index (χ0n) is 14.0. The molecule has 0 saturated heterocycles. The summed E-state index contributed by atoms with van der Waals surface area (Å²) < 4.78 is 11.9. The van der Waals surface area contributed by atoms with E-state index >= 15 is 0 Å². The number of rotatable bonds is 7. The van der Waals surface area contributed by atoms with E-state index in [0.717, 1.165) is 15.6 Å². The average molecular weight is 393 g/mol. The van der Waals surface area contributed by atoms with Gasteiger partial charge in [-0.25, -0.2) is 0 Å². The fourth-order valence-corrected chi connectivity index (χ4v) is 3.09. The van der Waals surface area contributed by atoms with Gasteiger partial charge in [-0.05, 0) is 59.5 Å². The zero-order valence-corrected chi connectivity index (χ0v) is 15.5. The van der Waals surface area contributed by atoms with E-state index < -0.39 is 11.9 Å². The fourth-order valence-electron chi connectivity index (χ4n) is 2.51. The van der Waals surface area contributed by atoms with Crippen LogP contribution in [-0.4, -0.2) is 24.3 Å². The molecule has 24 heavy (non-hydrogen) atoms. The van der Waals surface area contributed by atoms with Crippen LogP contribution in [-0.2, 0) is 11.2 Å². The van der Waals surface area contributed by atoms with Gasteiger partial charge in [-0.3, -0.25) is 4.79 Å². The maximum atomic E-state index is 11.7. The average Bonchev–Trinajstić information content (AvgIpc) is 2.54. The lowest BCUT2D eigenvalue weighted by atomic mass is 9.92. The molecule has 0 radical (unpaired) electrons. The first-order chi connectivity index (χ1) is 11.4. The molecule has 2 aromatic carbocycles. The highest BCUT2D eigenvalue weighted by Crippen LogP contribution is 2.38. The number of methoxy groups -OCH3 is 1. The van der Waals surface area contributed by atoms with E-state index in [2.05, 4.69) is 15.9 Å². The van der Waals surface area contributed by atoms with Crippen LogP contribution in [0.3, 0.4) is 0 Å². The molecule has 2 aromatic rings. The van der Waals surface area contributed by atoms with Crippen molar-refractivity contribution in [3.05, 3.63) is 58.1 Å². The second-order valence-electron chi connectivity index (χ2n) is 5.78. The topological polar surface area (TPSA) is 55.8 Å². The molecule has 0 aliphatic carbocycles. The maximum Gasteiger partial charge on any atom is 0.311 e. The molecule has 0 aliphatic rings. The van der Waals surface area contributed by atoms with Gasteiger partial charge in [0.25, 0.3) is 0 Å². The Bertz CT molecular complexity index is 698. The van der Waals surface area contributed by atoms with Gasteiger partial charge in [0.2, 0.25) is 0 Å². The summed E-state index contributed by atoms with van der Waals surface area (Å²) in [7, 11) is 1.57. The van der Waals surface area contributed by atoms with Crippen molar-refractivity contribution in [2.45, 2.75) is 32.3 Å². The molecule has 0 amide bonds. The lowest BCUT2D eigenvalue weighted by Gasteiger charge is -2.18. The number of halogens is 1. The molecule has 0 saturated carbocycles. The van der Waals surface area contributed by atoms with Crippen molar-refractivity contribution in [2.24, 2.45) is 0 Å². The molecule has 1 N–H and O–H groups in total. The van der Waals surface area contributed by atoms with E-state index in [1.165, 1.54) is 0 Å². The van der Waals surface area contributed by atoms with Gasteiger partial charge >= 0.3 is 5.97 Å². The van der Waals surface area contributed by atoms with E-state index in [0.29, 0.717) is 17.9 Å². The van der Waals surface area contributed by atoms with E-state index in [1.54, 1.807) is 7.11 Å². The summed E-state index contributed by atoms with van der Waals surface area (Å²) in [6.45, 7) is 3.88. The molecule has 128 valence electrons. The first-order valence-corrected chi connectivity index (χ1v) is 8.52. The Labute approximate surface area is 150 Å². The van der Waals surface area contributed by atoms with E-state index in [4.69, 9.17) is 9.47 Å². The lowest BCUT2D eigenvalue weighted by molar-refractivity contribution is -0.138. The van der Waals surface area contributed by atoms with Gasteiger partial charge in [0.15, 0.2) is 11.5 Å². The third-order valence-corrected chi connectivity index (χ3v) is 4.17. The summed E-state index contributed by atoms with van der Waals surface area (Å²) in [4.78, 5) is 11.7. The first-order valence-electron chi connectivity index (χ1n) is 7.73. The van der Waals surface area contributed by atoms with Gasteiger partial charge in [-0.2, -0.15) is 0 Å². The number of carboxylic acid groups (broad SMARTS) is 1. The maximum absolute atomic E-state index is 11.7. The van der Waals surface area contributed by atoms with Crippen LogP contribution < -0.4 is 9.47 Å². The standard InChI is InChI=1S/C19H21BrO4/c1-12(2)24-18-16(20)10-13(11-17(18)23-3)9-15(19(21)22)14-7-5-4-6-8-14/h4-8,10-12,15H,9H2,1-3H3,(H,21,22). The molecule has 1 unspecified atom stereocenters. The van der Waals surface area contributed by atoms with Gasteiger partial charge in [-0.15, -0.1) is 0 Å². The normalized spacial score (nSPS) is 12.0. The monoisotopic (exact) mass is 392 g/mol. The van der Waals surface area contributed by atoms with Gasteiger partial charge in [0.1, 0.15) is 0 Å². The van der Waals surface area contributed by atoms with Crippen molar-refractivity contribution in [2.75, 3.05) is 7.11 Å². The Morgan fingerprint density at radius 2 is 1.88 bits per heavy atom. The summed E-state index contributed by atoms with van der Waals surface area (Å²) >= 11 is 3.50. The number of ether oxygens (including phenoxy) is 2. The van der Waals surface area contributed by atoms with Crippen LogP contribution in [0.2, 0.25) is 0 Å². The Kier molecular flexibility index (Phi) is 6.26. The van der Waals surface area contributed by atoms with Crippen LogP contribution in [0.15, 0.2) is 46.9 Å². The summed E-state index contributed by atoms with van der Waals surface area (Å²) in [6.07, 6.45) is 0.383. The summed E-state index contributed by atoms with van der Waals surface area (Å²) in [5, 5.41) is 9.59. The highest BCUT2D eigenvalue weighted by Gasteiger charge is 2.22. The van der Waals surface area contributed by atoms with Crippen LogP contribution in [0.1, 0.15) is 30.9 Å². The van der Waals surface area contributed by atoms with Crippen molar-refractivity contribution in [1.29, 1.82) is 0 Å². The highest BCUT2D eigenvalue weighted by molar-refractivity contribution is 9.10. The first kappa shape index (κ1) is 18.3. The minimum absolute atomic E-state index is 0.0112. The Hall–Kier alpha value is -2.01. The Morgan fingerprint density at radius 1 is 1.21 bits per heavy atom. The quantitative estimate of drug-likeness (QED) is 0.744. The van der Waals surface area contributed by atoms with Gasteiger partial charge < -0.3 is 14.6 Å². The molecule has 0 aromatic heterocycles. The third kappa shape index (κ3) is 4.51. The Balaban J connectivity index is 2.34. The molecule has 0 spiro atoms. The largest absolute Gasteiger partial charge is 0.493 e.